The number of nitrogens with one attached hydrogen (secondary N) is 1. The van der Waals surface area contributed by atoms with Crippen molar-refractivity contribution in [2.75, 3.05) is 16.8 Å². The van der Waals surface area contributed by atoms with Gasteiger partial charge in [0.2, 0.25) is 0 Å². The molecule has 1 atom stereocenters. The van der Waals surface area contributed by atoms with Crippen molar-refractivity contribution in [3.63, 3.8) is 0 Å². The number of nitrogens with zero attached hydrogens (tertiary/aromatic N) is 1. The van der Waals surface area contributed by atoms with Crippen molar-refractivity contribution < 1.29 is 9.53 Å². The number of halogens is 1. The number of fused-ring (bicyclic) bond motifs is 1. The first-order valence-electron chi connectivity index (χ1n) is 7.27. The maximum atomic E-state index is 12.6. The number of carbonyl (C=O) groups is 1. The van der Waals surface area contributed by atoms with Gasteiger partial charge in [0, 0.05) is 10.7 Å². The summed E-state index contributed by atoms with van der Waals surface area (Å²) in [7, 11) is 0. The average molecular weight is 317 g/mol. The molecule has 3 rings (SSSR count). The molecule has 0 saturated carbocycles. The SMILES string of the molecule is CCC1CN(C(=O)Nc2ccc(Cl)cc2)c2ccccc2O1. The monoisotopic (exact) mass is 316 g/mol. The van der Waals surface area contributed by atoms with Crippen LogP contribution >= 0.6 is 11.6 Å². The van der Waals surface area contributed by atoms with Crippen LogP contribution < -0.4 is 15.0 Å². The molecule has 0 aliphatic carbocycles. The van der Waals surface area contributed by atoms with Crippen LogP contribution in [0.3, 0.4) is 0 Å². The molecule has 1 N–H and O–H groups in total. The molecule has 0 aromatic heterocycles. The van der Waals surface area contributed by atoms with E-state index in [2.05, 4.69) is 5.32 Å². The summed E-state index contributed by atoms with van der Waals surface area (Å²) in [6.07, 6.45) is 0.852. The molecule has 2 aromatic rings. The maximum absolute atomic E-state index is 12.6. The van der Waals surface area contributed by atoms with Crippen molar-refractivity contribution in [3.8, 4) is 5.75 Å². The van der Waals surface area contributed by atoms with Crippen LogP contribution in [0.1, 0.15) is 13.3 Å². The maximum Gasteiger partial charge on any atom is 0.326 e. The van der Waals surface area contributed by atoms with E-state index in [-0.39, 0.29) is 12.1 Å². The highest BCUT2D eigenvalue weighted by Gasteiger charge is 2.28. The van der Waals surface area contributed by atoms with E-state index in [0.29, 0.717) is 17.3 Å². The van der Waals surface area contributed by atoms with Gasteiger partial charge in [0.05, 0.1) is 12.2 Å². The van der Waals surface area contributed by atoms with Gasteiger partial charge in [0.25, 0.3) is 0 Å². The molecule has 2 aromatic carbocycles. The van der Waals surface area contributed by atoms with E-state index in [1.807, 2.05) is 31.2 Å². The van der Waals surface area contributed by atoms with Gasteiger partial charge >= 0.3 is 6.03 Å². The average Bonchev–Trinajstić information content (AvgIpc) is 2.55. The molecule has 5 heteroatoms. The highest BCUT2D eigenvalue weighted by atomic mass is 35.5. The third kappa shape index (κ3) is 3.02. The predicted octanol–water partition coefficient (Wildman–Crippen LogP) is 4.55. The van der Waals surface area contributed by atoms with Gasteiger partial charge in [0.15, 0.2) is 0 Å². The Labute approximate surface area is 134 Å². The third-order valence-electron chi connectivity index (χ3n) is 3.63. The minimum atomic E-state index is -0.170. The molecule has 114 valence electrons. The number of amides is 2. The molecule has 2 amide bonds. The van der Waals surface area contributed by atoms with Crippen LogP contribution in [-0.4, -0.2) is 18.7 Å². The number of hydrogen-bond donors (Lipinski definition) is 1. The first-order valence-corrected chi connectivity index (χ1v) is 7.65. The fourth-order valence-corrected chi connectivity index (χ4v) is 2.55. The van der Waals surface area contributed by atoms with Crippen molar-refractivity contribution in [1.29, 1.82) is 0 Å². The van der Waals surface area contributed by atoms with Crippen molar-refractivity contribution in [2.24, 2.45) is 0 Å². The molecule has 4 nitrogen and oxygen atoms in total. The Hall–Kier alpha value is -2.20. The van der Waals surface area contributed by atoms with Gasteiger partial charge in [-0.2, -0.15) is 0 Å². The number of rotatable bonds is 2. The van der Waals surface area contributed by atoms with E-state index in [1.54, 1.807) is 29.2 Å². The van der Waals surface area contributed by atoms with E-state index in [4.69, 9.17) is 16.3 Å². The topological polar surface area (TPSA) is 41.6 Å². The number of urea groups is 1. The Morgan fingerprint density at radius 3 is 2.73 bits per heavy atom. The summed E-state index contributed by atoms with van der Waals surface area (Å²) in [4.78, 5) is 14.3. The van der Waals surface area contributed by atoms with Gasteiger partial charge in [-0.05, 0) is 42.8 Å². The molecule has 0 bridgehead atoms. The van der Waals surface area contributed by atoms with E-state index < -0.39 is 0 Å². The standard InChI is InChI=1S/C17H17ClN2O2/c1-2-14-11-20(15-5-3-4-6-16(15)22-14)17(21)19-13-9-7-12(18)8-10-13/h3-10,14H,2,11H2,1H3,(H,19,21). The van der Waals surface area contributed by atoms with Gasteiger partial charge in [-0.1, -0.05) is 30.7 Å². The Bertz CT molecular complexity index is 673. The summed E-state index contributed by atoms with van der Waals surface area (Å²) in [5.74, 6) is 0.742. The van der Waals surface area contributed by atoms with Gasteiger partial charge in [-0.25, -0.2) is 4.79 Å². The van der Waals surface area contributed by atoms with Crippen molar-refractivity contribution in [2.45, 2.75) is 19.4 Å². The zero-order chi connectivity index (χ0) is 15.5. The van der Waals surface area contributed by atoms with E-state index in [1.165, 1.54) is 0 Å². The van der Waals surface area contributed by atoms with Crippen LogP contribution in [0.2, 0.25) is 5.02 Å². The fourth-order valence-electron chi connectivity index (χ4n) is 2.43. The molecular formula is C17H17ClN2O2. The Morgan fingerprint density at radius 1 is 1.27 bits per heavy atom. The zero-order valence-corrected chi connectivity index (χ0v) is 13.0. The van der Waals surface area contributed by atoms with Gasteiger partial charge < -0.3 is 10.1 Å². The lowest BCUT2D eigenvalue weighted by Crippen LogP contribution is -2.45. The quantitative estimate of drug-likeness (QED) is 0.883. The highest BCUT2D eigenvalue weighted by Crippen LogP contribution is 2.34. The molecule has 0 spiro atoms. The molecule has 1 unspecified atom stereocenters. The molecule has 0 saturated heterocycles. The molecular weight excluding hydrogens is 300 g/mol. The van der Waals surface area contributed by atoms with Crippen LogP contribution in [0, 0.1) is 0 Å². The number of ether oxygens (including phenoxy) is 1. The molecule has 1 heterocycles. The summed E-state index contributed by atoms with van der Waals surface area (Å²) >= 11 is 5.86. The van der Waals surface area contributed by atoms with Crippen molar-refractivity contribution >= 4 is 29.0 Å². The molecule has 22 heavy (non-hydrogen) atoms. The number of anilines is 2. The van der Waals surface area contributed by atoms with Crippen LogP contribution in [0.4, 0.5) is 16.2 Å². The van der Waals surface area contributed by atoms with Crippen LogP contribution in [-0.2, 0) is 0 Å². The summed E-state index contributed by atoms with van der Waals surface area (Å²) in [5.41, 5.74) is 1.50. The summed E-state index contributed by atoms with van der Waals surface area (Å²) in [6.45, 7) is 2.58. The minimum absolute atomic E-state index is 0.00543. The third-order valence-corrected chi connectivity index (χ3v) is 3.88. The highest BCUT2D eigenvalue weighted by molar-refractivity contribution is 6.30. The predicted molar refractivity (Wildman–Crippen MR) is 89.0 cm³/mol. The first-order chi connectivity index (χ1) is 10.7. The van der Waals surface area contributed by atoms with E-state index in [0.717, 1.165) is 17.9 Å². The second-order valence-electron chi connectivity index (χ2n) is 5.16. The Balaban J connectivity index is 1.83. The normalized spacial score (nSPS) is 16.6. The Kier molecular flexibility index (Phi) is 4.20. The molecule has 0 radical (unpaired) electrons. The van der Waals surface area contributed by atoms with E-state index in [9.17, 15) is 4.79 Å². The van der Waals surface area contributed by atoms with Crippen molar-refractivity contribution in [3.05, 3.63) is 53.6 Å². The molecule has 1 aliphatic heterocycles. The van der Waals surface area contributed by atoms with E-state index >= 15 is 0 Å². The molecule has 1 aliphatic rings. The minimum Gasteiger partial charge on any atom is -0.486 e. The van der Waals surface area contributed by atoms with Crippen LogP contribution in [0.25, 0.3) is 0 Å². The number of para-hydroxylation sites is 2. The van der Waals surface area contributed by atoms with Gasteiger partial charge in [0.1, 0.15) is 11.9 Å². The smallest absolute Gasteiger partial charge is 0.326 e. The first kappa shape index (κ1) is 14.7. The zero-order valence-electron chi connectivity index (χ0n) is 12.3. The summed E-state index contributed by atoms with van der Waals surface area (Å²) in [6, 6.07) is 14.5. The second-order valence-corrected chi connectivity index (χ2v) is 5.60. The number of benzene rings is 2. The van der Waals surface area contributed by atoms with Crippen LogP contribution in [0.5, 0.6) is 5.75 Å². The van der Waals surface area contributed by atoms with Gasteiger partial charge in [-0.3, -0.25) is 4.90 Å². The van der Waals surface area contributed by atoms with Crippen molar-refractivity contribution in [1.82, 2.24) is 0 Å². The van der Waals surface area contributed by atoms with Crippen LogP contribution in [0.15, 0.2) is 48.5 Å². The lowest BCUT2D eigenvalue weighted by molar-refractivity contribution is 0.188. The summed E-state index contributed by atoms with van der Waals surface area (Å²) in [5, 5.41) is 3.54. The fraction of sp³-hybridized carbons (Fsp3) is 0.235. The lowest BCUT2D eigenvalue weighted by atomic mass is 10.1. The largest absolute Gasteiger partial charge is 0.486 e. The second kappa shape index (κ2) is 6.28. The summed E-state index contributed by atoms with van der Waals surface area (Å²) < 4.78 is 5.89. The number of carbonyl (C=O) groups excluding carboxylic acids is 1. The molecule has 0 fully saturated rings. The Morgan fingerprint density at radius 2 is 2.00 bits per heavy atom. The lowest BCUT2D eigenvalue weighted by Gasteiger charge is -2.34. The van der Waals surface area contributed by atoms with Gasteiger partial charge in [-0.15, -0.1) is 0 Å². The number of hydrogen-bond acceptors (Lipinski definition) is 2.